The topological polar surface area (TPSA) is 47.0 Å². The maximum Gasteiger partial charge on any atom is 0.133 e. The van der Waals surface area contributed by atoms with E-state index in [4.69, 9.17) is 9.72 Å². The lowest BCUT2D eigenvalue weighted by atomic mass is 9.96. The molecule has 1 aliphatic rings. The van der Waals surface area contributed by atoms with Gasteiger partial charge in [0.15, 0.2) is 0 Å². The largest absolute Gasteiger partial charge is 0.385 e. The molecule has 1 aliphatic carbocycles. The molecule has 0 saturated carbocycles. The molecule has 0 amide bonds. The number of hydrogen-bond donors (Lipinski definition) is 1. The third kappa shape index (κ3) is 3.19. The number of aryl methyl sites for hydroxylation is 2. The number of fused-ring (bicyclic) bond motifs is 1. The van der Waals surface area contributed by atoms with E-state index in [-0.39, 0.29) is 0 Å². The summed E-state index contributed by atoms with van der Waals surface area (Å²) in [6, 6.07) is 0. The Labute approximate surface area is 109 Å². The van der Waals surface area contributed by atoms with Crippen LogP contribution in [0.25, 0.3) is 0 Å². The molecule has 0 spiro atoms. The van der Waals surface area contributed by atoms with E-state index in [9.17, 15) is 0 Å². The van der Waals surface area contributed by atoms with E-state index in [2.05, 4.69) is 17.2 Å². The van der Waals surface area contributed by atoms with Gasteiger partial charge in [0, 0.05) is 37.9 Å². The quantitative estimate of drug-likeness (QED) is 0.786. The SMILES string of the molecule is CCNc1nc(CCCOC)nc2c1CCCC2. The van der Waals surface area contributed by atoms with E-state index in [1.807, 2.05) is 0 Å². The highest BCUT2D eigenvalue weighted by Crippen LogP contribution is 2.25. The molecule has 4 nitrogen and oxygen atoms in total. The maximum atomic E-state index is 5.08. The van der Waals surface area contributed by atoms with Crippen LogP contribution in [0.1, 0.15) is 43.3 Å². The van der Waals surface area contributed by atoms with Gasteiger partial charge in [-0.25, -0.2) is 9.97 Å². The van der Waals surface area contributed by atoms with Crippen molar-refractivity contribution in [1.29, 1.82) is 0 Å². The highest BCUT2D eigenvalue weighted by molar-refractivity contribution is 5.47. The van der Waals surface area contributed by atoms with Gasteiger partial charge >= 0.3 is 0 Å². The van der Waals surface area contributed by atoms with Crippen molar-refractivity contribution in [2.75, 3.05) is 25.6 Å². The van der Waals surface area contributed by atoms with Crippen LogP contribution in [0.2, 0.25) is 0 Å². The average Bonchev–Trinajstić information content (AvgIpc) is 2.39. The highest BCUT2D eigenvalue weighted by atomic mass is 16.5. The smallest absolute Gasteiger partial charge is 0.133 e. The third-order valence-electron chi connectivity index (χ3n) is 3.32. The van der Waals surface area contributed by atoms with Crippen LogP contribution in [0.3, 0.4) is 0 Å². The molecular formula is C14H23N3O. The zero-order chi connectivity index (χ0) is 12.8. The first-order valence-electron chi connectivity index (χ1n) is 6.96. The van der Waals surface area contributed by atoms with Crippen molar-refractivity contribution >= 4 is 5.82 Å². The Kier molecular flexibility index (Phi) is 4.93. The Morgan fingerprint density at radius 2 is 2.06 bits per heavy atom. The van der Waals surface area contributed by atoms with Crippen molar-refractivity contribution in [3.63, 3.8) is 0 Å². The van der Waals surface area contributed by atoms with Crippen LogP contribution in [-0.2, 0) is 24.0 Å². The predicted octanol–water partition coefficient (Wildman–Crippen LogP) is 2.37. The molecular weight excluding hydrogens is 226 g/mol. The average molecular weight is 249 g/mol. The Bertz CT molecular complexity index is 393. The first-order chi connectivity index (χ1) is 8.85. The molecule has 1 aromatic heterocycles. The molecule has 0 saturated heterocycles. The number of methoxy groups -OCH3 is 1. The Morgan fingerprint density at radius 3 is 2.83 bits per heavy atom. The van der Waals surface area contributed by atoms with Gasteiger partial charge in [0.25, 0.3) is 0 Å². The minimum Gasteiger partial charge on any atom is -0.385 e. The maximum absolute atomic E-state index is 5.08. The predicted molar refractivity (Wildman–Crippen MR) is 73.0 cm³/mol. The number of aromatic nitrogens is 2. The zero-order valence-electron chi connectivity index (χ0n) is 11.5. The number of hydrogen-bond acceptors (Lipinski definition) is 4. The summed E-state index contributed by atoms with van der Waals surface area (Å²) in [5.41, 5.74) is 2.61. The summed E-state index contributed by atoms with van der Waals surface area (Å²) in [6.07, 6.45) is 6.63. The van der Waals surface area contributed by atoms with Gasteiger partial charge < -0.3 is 10.1 Å². The number of anilines is 1. The molecule has 0 unspecified atom stereocenters. The summed E-state index contributed by atoms with van der Waals surface area (Å²) in [5, 5.41) is 3.38. The fraction of sp³-hybridized carbons (Fsp3) is 0.714. The van der Waals surface area contributed by atoms with Crippen LogP contribution in [0, 0.1) is 0 Å². The summed E-state index contributed by atoms with van der Waals surface area (Å²) in [4.78, 5) is 9.39. The van der Waals surface area contributed by atoms with Gasteiger partial charge in [-0.2, -0.15) is 0 Å². The fourth-order valence-corrected chi connectivity index (χ4v) is 2.45. The molecule has 0 aromatic carbocycles. The summed E-state index contributed by atoms with van der Waals surface area (Å²) < 4.78 is 5.08. The molecule has 1 N–H and O–H groups in total. The second-order valence-corrected chi connectivity index (χ2v) is 4.75. The molecule has 18 heavy (non-hydrogen) atoms. The van der Waals surface area contributed by atoms with Gasteiger partial charge in [0.2, 0.25) is 0 Å². The molecule has 0 atom stereocenters. The molecule has 100 valence electrons. The molecule has 0 fully saturated rings. The molecule has 1 heterocycles. The molecule has 4 heteroatoms. The molecule has 0 radical (unpaired) electrons. The molecule has 1 aromatic rings. The molecule has 0 bridgehead atoms. The van der Waals surface area contributed by atoms with Crippen LogP contribution < -0.4 is 5.32 Å². The Balaban J connectivity index is 2.18. The fourth-order valence-electron chi connectivity index (χ4n) is 2.45. The second-order valence-electron chi connectivity index (χ2n) is 4.75. The lowest BCUT2D eigenvalue weighted by molar-refractivity contribution is 0.194. The Hall–Kier alpha value is -1.16. The van der Waals surface area contributed by atoms with Gasteiger partial charge in [-0.3, -0.25) is 0 Å². The molecule has 0 aliphatic heterocycles. The van der Waals surface area contributed by atoms with Gasteiger partial charge in [-0.1, -0.05) is 0 Å². The van der Waals surface area contributed by atoms with Crippen LogP contribution in [0.15, 0.2) is 0 Å². The standard InChI is InChI=1S/C14H23N3O/c1-3-15-14-11-7-4-5-8-12(11)16-13(17-14)9-6-10-18-2/h3-10H2,1-2H3,(H,15,16,17). The van der Waals surface area contributed by atoms with E-state index < -0.39 is 0 Å². The van der Waals surface area contributed by atoms with E-state index in [1.165, 1.54) is 24.1 Å². The van der Waals surface area contributed by atoms with E-state index in [0.29, 0.717) is 0 Å². The number of nitrogens with zero attached hydrogens (tertiary/aromatic N) is 2. The lowest BCUT2D eigenvalue weighted by Crippen LogP contribution is -2.15. The van der Waals surface area contributed by atoms with Crippen LogP contribution >= 0.6 is 0 Å². The van der Waals surface area contributed by atoms with E-state index >= 15 is 0 Å². The second kappa shape index (κ2) is 6.69. The summed E-state index contributed by atoms with van der Waals surface area (Å²) in [6.45, 7) is 3.81. The van der Waals surface area contributed by atoms with Crippen molar-refractivity contribution in [3.8, 4) is 0 Å². The van der Waals surface area contributed by atoms with Crippen LogP contribution in [0.4, 0.5) is 5.82 Å². The first kappa shape index (κ1) is 13.3. The highest BCUT2D eigenvalue weighted by Gasteiger charge is 2.17. The third-order valence-corrected chi connectivity index (χ3v) is 3.32. The van der Waals surface area contributed by atoms with Crippen molar-refractivity contribution in [1.82, 2.24) is 9.97 Å². The summed E-state index contributed by atoms with van der Waals surface area (Å²) in [5.74, 6) is 2.03. The van der Waals surface area contributed by atoms with Gasteiger partial charge in [0.1, 0.15) is 11.6 Å². The minimum atomic E-state index is 0.775. The van der Waals surface area contributed by atoms with E-state index in [0.717, 1.165) is 50.5 Å². The van der Waals surface area contributed by atoms with Crippen molar-refractivity contribution in [2.45, 2.75) is 45.4 Å². The van der Waals surface area contributed by atoms with Crippen molar-refractivity contribution in [2.24, 2.45) is 0 Å². The van der Waals surface area contributed by atoms with Crippen molar-refractivity contribution < 1.29 is 4.74 Å². The minimum absolute atomic E-state index is 0.775. The first-order valence-corrected chi connectivity index (χ1v) is 6.96. The van der Waals surface area contributed by atoms with E-state index in [1.54, 1.807) is 7.11 Å². The van der Waals surface area contributed by atoms with Crippen LogP contribution in [-0.4, -0.2) is 30.2 Å². The lowest BCUT2D eigenvalue weighted by Gasteiger charge is -2.19. The summed E-state index contributed by atoms with van der Waals surface area (Å²) >= 11 is 0. The Morgan fingerprint density at radius 1 is 1.22 bits per heavy atom. The monoisotopic (exact) mass is 249 g/mol. The van der Waals surface area contributed by atoms with Gasteiger partial charge in [-0.05, 0) is 39.0 Å². The number of nitrogens with one attached hydrogen (secondary N) is 1. The zero-order valence-corrected chi connectivity index (χ0v) is 11.5. The normalized spacial score (nSPS) is 14.3. The van der Waals surface area contributed by atoms with Crippen LogP contribution in [0.5, 0.6) is 0 Å². The number of ether oxygens (including phenoxy) is 1. The van der Waals surface area contributed by atoms with Gasteiger partial charge in [0.05, 0.1) is 0 Å². The summed E-state index contributed by atoms with van der Waals surface area (Å²) in [7, 11) is 1.73. The van der Waals surface area contributed by atoms with Crippen molar-refractivity contribution in [3.05, 3.63) is 17.1 Å². The molecule has 2 rings (SSSR count). The van der Waals surface area contributed by atoms with Gasteiger partial charge in [-0.15, -0.1) is 0 Å². The number of rotatable bonds is 6.